The lowest BCUT2D eigenvalue weighted by Crippen LogP contribution is -2.29. The average Bonchev–Trinajstić information content (AvgIpc) is 3.36. The molecule has 1 N–H and O–H groups in total. The number of sulfone groups is 1. The van der Waals surface area contributed by atoms with Gasteiger partial charge in [-0.05, 0) is 49.4 Å². The number of ether oxygens (including phenoxy) is 3. The zero-order valence-corrected chi connectivity index (χ0v) is 26.0. The number of nitrogens with one attached hydrogen (secondary N) is 1. The number of hydrogen-bond acceptors (Lipinski definition) is 12. The number of hydrogen-bond donors (Lipinski definition) is 1. The van der Waals surface area contributed by atoms with Crippen LogP contribution in [-0.4, -0.2) is 75.5 Å². The average molecular weight is 652 g/mol. The van der Waals surface area contributed by atoms with Gasteiger partial charge in [0.15, 0.2) is 14.6 Å². The Morgan fingerprint density at radius 2 is 1.65 bits per heavy atom. The normalized spacial score (nSPS) is 13.6. The van der Waals surface area contributed by atoms with Crippen LogP contribution in [0.2, 0.25) is 0 Å². The van der Waals surface area contributed by atoms with E-state index < -0.39 is 51.1 Å². The maximum atomic E-state index is 12.8. The van der Waals surface area contributed by atoms with Gasteiger partial charge in [0.25, 0.3) is 5.91 Å². The van der Waals surface area contributed by atoms with Crippen molar-refractivity contribution in [2.24, 2.45) is 4.99 Å². The second kappa shape index (κ2) is 13.6. The molecule has 43 heavy (non-hydrogen) atoms. The van der Waals surface area contributed by atoms with Gasteiger partial charge in [-0.2, -0.15) is 4.99 Å². The van der Waals surface area contributed by atoms with E-state index in [1.54, 1.807) is 6.07 Å². The van der Waals surface area contributed by atoms with Crippen molar-refractivity contribution >= 4 is 77.5 Å². The predicted molar refractivity (Wildman–Crippen MR) is 158 cm³/mol. The predicted octanol–water partition coefficient (Wildman–Crippen LogP) is 2.26. The van der Waals surface area contributed by atoms with Crippen molar-refractivity contribution in [3.05, 3.63) is 44.6 Å². The molecule has 0 unspecified atom stereocenters. The van der Waals surface area contributed by atoms with Crippen LogP contribution in [0, 0.1) is 0 Å². The monoisotopic (exact) mass is 651 g/mol. The molecule has 1 aliphatic carbocycles. The number of carbonyl (C=O) groups is 5. The molecule has 2 aromatic heterocycles. The fourth-order valence-corrected chi connectivity index (χ4v) is 8.03. The highest BCUT2D eigenvalue weighted by Gasteiger charge is 2.28. The van der Waals surface area contributed by atoms with E-state index in [1.807, 2.05) is 0 Å². The molecule has 0 bridgehead atoms. The first-order chi connectivity index (χ1) is 20.5. The highest BCUT2D eigenvalue weighted by atomic mass is 32.2. The lowest BCUT2D eigenvalue weighted by molar-refractivity contribution is -0.141. The summed E-state index contributed by atoms with van der Waals surface area (Å²) in [5.41, 5.74) is 1.72. The van der Waals surface area contributed by atoms with Crippen LogP contribution in [0.15, 0.2) is 23.2 Å². The van der Waals surface area contributed by atoms with Crippen LogP contribution in [0.25, 0.3) is 10.2 Å². The van der Waals surface area contributed by atoms with E-state index in [-0.39, 0.29) is 27.5 Å². The van der Waals surface area contributed by atoms with E-state index in [9.17, 15) is 32.4 Å². The van der Waals surface area contributed by atoms with Crippen LogP contribution in [0.5, 0.6) is 0 Å². The first-order valence-electron chi connectivity index (χ1n) is 13.1. The number of methoxy groups -OCH3 is 3. The van der Waals surface area contributed by atoms with E-state index in [0.29, 0.717) is 16.6 Å². The second-order valence-corrected chi connectivity index (χ2v) is 13.7. The Labute approximate surface area is 254 Å². The van der Waals surface area contributed by atoms with Gasteiger partial charge >= 0.3 is 17.9 Å². The van der Waals surface area contributed by atoms with Crippen LogP contribution < -0.4 is 10.1 Å². The molecule has 13 nitrogen and oxygen atoms in total. The summed E-state index contributed by atoms with van der Waals surface area (Å²) in [6, 6.07) is 4.51. The van der Waals surface area contributed by atoms with Crippen LogP contribution in [0.3, 0.4) is 0 Å². The van der Waals surface area contributed by atoms with Gasteiger partial charge in [0.05, 0.1) is 42.7 Å². The SMILES string of the molecule is COC(=O)Cn1c(=NC(=O)CS(=O)(=O)CC(=O)Nc2sc3c(c2C(=O)OC)CCCCC3)sc2cc(C(=O)OC)ccc21. The molecule has 1 aromatic carbocycles. The number of rotatable bonds is 9. The zero-order chi connectivity index (χ0) is 31.3. The summed E-state index contributed by atoms with van der Waals surface area (Å²) >= 11 is 2.17. The van der Waals surface area contributed by atoms with E-state index >= 15 is 0 Å². The molecule has 230 valence electrons. The zero-order valence-electron chi connectivity index (χ0n) is 23.6. The molecule has 0 spiro atoms. The topological polar surface area (TPSA) is 176 Å². The number of aromatic nitrogens is 1. The Morgan fingerprint density at radius 3 is 2.35 bits per heavy atom. The Morgan fingerprint density at radius 1 is 0.930 bits per heavy atom. The van der Waals surface area contributed by atoms with Crippen molar-refractivity contribution in [1.82, 2.24) is 4.57 Å². The number of nitrogens with zero attached hydrogens (tertiary/aromatic N) is 2. The Kier molecular flexibility index (Phi) is 10.1. The van der Waals surface area contributed by atoms with Crippen LogP contribution >= 0.6 is 22.7 Å². The van der Waals surface area contributed by atoms with Gasteiger partial charge in [0.1, 0.15) is 23.1 Å². The van der Waals surface area contributed by atoms with Gasteiger partial charge in [0, 0.05) is 4.88 Å². The summed E-state index contributed by atoms with van der Waals surface area (Å²) in [4.78, 5) is 66.9. The molecule has 1 aliphatic rings. The van der Waals surface area contributed by atoms with E-state index in [2.05, 4.69) is 10.3 Å². The standard InChI is InChI=1S/C27H29N3O10S3/c1-38-22(33)12-30-17-10-9-15(25(34)39-2)11-19(17)42-27(30)29-21(32)14-43(36,37)13-20(31)28-24-23(26(35)40-3)16-7-5-4-6-8-18(16)41-24/h9-11H,4-8,12-14H2,1-3H3,(H,28,31). The van der Waals surface area contributed by atoms with Crippen molar-refractivity contribution in [1.29, 1.82) is 0 Å². The van der Waals surface area contributed by atoms with Crippen LogP contribution in [0.1, 0.15) is 50.4 Å². The molecule has 16 heteroatoms. The molecule has 0 saturated heterocycles. The molecular weight excluding hydrogens is 623 g/mol. The van der Waals surface area contributed by atoms with Crippen molar-refractivity contribution in [2.75, 3.05) is 38.2 Å². The minimum atomic E-state index is -4.28. The largest absolute Gasteiger partial charge is 0.468 e. The number of thiophene rings is 1. The molecule has 2 amide bonds. The molecular formula is C27H29N3O10S3. The molecule has 2 heterocycles. The summed E-state index contributed by atoms with van der Waals surface area (Å²) in [5, 5.41) is 2.74. The number of aryl methyl sites for hydroxylation is 1. The van der Waals surface area contributed by atoms with Gasteiger partial charge < -0.3 is 24.1 Å². The minimum absolute atomic E-state index is 0.00475. The first-order valence-corrected chi connectivity index (χ1v) is 16.5. The number of fused-ring (bicyclic) bond motifs is 2. The van der Waals surface area contributed by atoms with Gasteiger partial charge in [-0.15, -0.1) is 11.3 Å². The van der Waals surface area contributed by atoms with Gasteiger partial charge in [-0.25, -0.2) is 18.0 Å². The summed E-state index contributed by atoms with van der Waals surface area (Å²) in [7, 11) is -0.634. The summed E-state index contributed by atoms with van der Waals surface area (Å²) in [6.07, 6.45) is 4.23. The summed E-state index contributed by atoms with van der Waals surface area (Å²) < 4.78 is 41.8. The fourth-order valence-electron chi connectivity index (χ4n) is 4.64. The van der Waals surface area contributed by atoms with E-state index in [4.69, 9.17) is 14.2 Å². The molecule has 0 atom stereocenters. The smallest absolute Gasteiger partial charge is 0.341 e. The fraction of sp³-hybridized carbons (Fsp3) is 0.407. The van der Waals surface area contributed by atoms with Crippen LogP contribution in [-0.2, 0) is 57.8 Å². The van der Waals surface area contributed by atoms with Crippen LogP contribution in [0.4, 0.5) is 5.00 Å². The molecule has 0 aliphatic heterocycles. The Bertz CT molecular complexity index is 1780. The van der Waals surface area contributed by atoms with Gasteiger partial charge in [-0.3, -0.25) is 14.4 Å². The Hall–Kier alpha value is -3.89. The van der Waals surface area contributed by atoms with Crippen molar-refractivity contribution < 1.29 is 46.6 Å². The third-order valence-corrected chi connectivity index (χ3v) is 10.2. The second-order valence-electron chi connectivity index (χ2n) is 9.57. The lowest BCUT2D eigenvalue weighted by atomic mass is 10.1. The lowest BCUT2D eigenvalue weighted by Gasteiger charge is -2.07. The van der Waals surface area contributed by atoms with Crippen molar-refractivity contribution in [2.45, 2.75) is 38.6 Å². The number of thiazole rings is 1. The number of amides is 2. The summed E-state index contributed by atoms with van der Waals surface area (Å²) in [6.45, 7) is -0.331. The van der Waals surface area contributed by atoms with Gasteiger partial charge in [0.2, 0.25) is 5.91 Å². The number of anilines is 1. The van der Waals surface area contributed by atoms with E-state index in [0.717, 1.165) is 47.5 Å². The first kappa shape index (κ1) is 32.0. The molecule has 0 saturated carbocycles. The molecule has 3 aromatic rings. The highest BCUT2D eigenvalue weighted by molar-refractivity contribution is 7.92. The number of carbonyl (C=O) groups excluding carboxylic acids is 5. The van der Waals surface area contributed by atoms with Gasteiger partial charge in [-0.1, -0.05) is 17.8 Å². The van der Waals surface area contributed by atoms with E-state index in [1.165, 1.54) is 49.4 Å². The maximum absolute atomic E-state index is 12.8. The minimum Gasteiger partial charge on any atom is -0.468 e. The third kappa shape index (κ3) is 7.55. The Balaban J connectivity index is 1.55. The molecule has 0 radical (unpaired) electrons. The number of esters is 3. The van der Waals surface area contributed by atoms with Crippen molar-refractivity contribution in [3.8, 4) is 0 Å². The molecule has 4 rings (SSSR count). The third-order valence-electron chi connectivity index (χ3n) is 6.60. The number of benzene rings is 1. The summed E-state index contributed by atoms with van der Waals surface area (Å²) in [5.74, 6) is -5.93. The van der Waals surface area contributed by atoms with Crippen molar-refractivity contribution in [3.63, 3.8) is 0 Å². The quantitative estimate of drug-likeness (QED) is 0.205. The molecule has 0 fully saturated rings. The maximum Gasteiger partial charge on any atom is 0.341 e. The highest BCUT2D eigenvalue weighted by Crippen LogP contribution is 2.38.